The van der Waals surface area contributed by atoms with Crippen LogP contribution in [0.25, 0.3) is 10.9 Å². The van der Waals surface area contributed by atoms with Gasteiger partial charge in [-0.05, 0) is 37.6 Å². The van der Waals surface area contributed by atoms with Crippen LogP contribution in [-0.2, 0) is 11.3 Å². The van der Waals surface area contributed by atoms with Crippen LogP contribution in [0.5, 0.6) is 5.75 Å². The van der Waals surface area contributed by atoms with Gasteiger partial charge in [-0.25, -0.2) is 4.79 Å². The maximum atomic E-state index is 12.9. The number of hydrogen-bond acceptors (Lipinski definition) is 7. The smallest absolute Gasteiger partial charge is 0.340 e. The summed E-state index contributed by atoms with van der Waals surface area (Å²) in [6.45, 7) is 9.78. The highest BCUT2D eigenvalue weighted by Crippen LogP contribution is 2.31. The van der Waals surface area contributed by atoms with E-state index in [2.05, 4.69) is 26.5 Å². The maximum Gasteiger partial charge on any atom is 0.340 e. The lowest BCUT2D eigenvalue weighted by Gasteiger charge is -2.35. The number of nitrogens with zero attached hydrogens (tertiary/aromatic N) is 3. The Labute approximate surface area is 212 Å². The Morgan fingerprint density at radius 3 is 2.47 bits per heavy atom. The second kappa shape index (κ2) is 12.4. The molecule has 2 heterocycles. The van der Waals surface area contributed by atoms with Crippen LogP contribution in [0, 0.1) is 6.92 Å². The van der Waals surface area contributed by atoms with Gasteiger partial charge in [0.15, 0.2) is 0 Å². The number of piperazine rings is 1. The van der Waals surface area contributed by atoms with E-state index in [4.69, 9.17) is 14.6 Å². The lowest BCUT2D eigenvalue weighted by Crippen LogP contribution is -2.49. The number of hydrogen-bond donors (Lipinski definition) is 2. The van der Waals surface area contributed by atoms with Gasteiger partial charge >= 0.3 is 5.97 Å². The Morgan fingerprint density at radius 2 is 1.78 bits per heavy atom. The molecule has 0 unspecified atom stereocenters. The quantitative estimate of drug-likeness (QED) is 0.395. The topological polar surface area (TPSA) is 87.4 Å². The van der Waals surface area contributed by atoms with E-state index in [-0.39, 0.29) is 19.2 Å². The highest BCUT2D eigenvalue weighted by molar-refractivity contribution is 6.06. The first-order valence-corrected chi connectivity index (χ1v) is 12.7. The summed E-state index contributed by atoms with van der Waals surface area (Å²) in [5, 5.41) is 20.5. The molecule has 8 heteroatoms. The minimum absolute atomic E-state index is 0.167. The molecule has 0 aliphatic carbocycles. The molecule has 0 amide bonds. The number of esters is 1. The number of ether oxygens (including phenoxy) is 2. The van der Waals surface area contributed by atoms with E-state index >= 15 is 0 Å². The third-order valence-electron chi connectivity index (χ3n) is 6.75. The number of carbonyl (C=O) groups excluding carboxylic acids is 1. The Kier molecular flexibility index (Phi) is 8.98. The van der Waals surface area contributed by atoms with Crippen molar-refractivity contribution < 1.29 is 24.5 Å². The van der Waals surface area contributed by atoms with Crippen molar-refractivity contribution in [2.75, 3.05) is 59.1 Å². The predicted molar refractivity (Wildman–Crippen MR) is 140 cm³/mol. The Morgan fingerprint density at radius 1 is 1.06 bits per heavy atom. The van der Waals surface area contributed by atoms with E-state index in [1.54, 1.807) is 6.92 Å². The molecule has 1 aromatic heterocycles. The lowest BCUT2D eigenvalue weighted by atomic mass is 10.1. The molecule has 2 aromatic carbocycles. The zero-order chi connectivity index (χ0) is 25.5. The van der Waals surface area contributed by atoms with Crippen molar-refractivity contribution >= 4 is 16.9 Å². The van der Waals surface area contributed by atoms with Crippen LogP contribution in [0.4, 0.5) is 0 Å². The fraction of sp³-hybridized carbons (Fsp3) is 0.464. The molecule has 0 radical (unpaired) electrons. The summed E-state index contributed by atoms with van der Waals surface area (Å²) in [5.74, 6) is 0.265. The first-order chi connectivity index (χ1) is 17.5. The molecule has 1 fully saturated rings. The van der Waals surface area contributed by atoms with Gasteiger partial charge in [0.1, 0.15) is 18.5 Å². The van der Waals surface area contributed by atoms with Gasteiger partial charge in [-0.3, -0.25) is 9.80 Å². The molecule has 194 valence electrons. The average Bonchev–Trinajstić information content (AvgIpc) is 3.15. The average molecular weight is 496 g/mol. The Balaban J connectivity index is 1.47. The largest absolute Gasteiger partial charge is 0.491 e. The number of fused-ring (bicyclic) bond motifs is 1. The molecule has 8 nitrogen and oxygen atoms in total. The monoisotopic (exact) mass is 495 g/mol. The minimum Gasteiger partial charge on any atom is -0.491 e. The number of β-amino-alcohol motifs (C(OH)–C–C–N with tert-alkyl or cyclic N) is 2. The van der Waals surface area contributed by atoms with Crippen LogP contribution >= 0.6 is 0 Å². The van der Waals surface area contributed by atoms with Gasteiger partial charge in [-0.15, -0.1) is 0 Å². The summed E-state index contributed by atoms with van der Waals surface area (Å²) >= 11 is 0. The first kappa shape index (κ1) is 26.2. The van der Waals surface area contributed by atoms with Crippen LogP contribution in [0.15, 0.2) is 48.5 Å². The van der Waals surface area contributed by atoms with Crippen LogP contribution in [0.2, 0.25) is 0 Å². The highest BCUT2D eigenvalue weighted by atomic mass is 16.5. The van der Waals surface area contributed by atoms with E-state index in [9.17, 15) is 9.90 Å². The Hall–Kier alpha value is -2.91. The number of rotatable bonds is 11. The zero-order valence-electron chi connectivity index (χ0n) is 21.2. The van der Waals surface area contributed by atoms with Crippen LogP contribution < -0.4 is 4.74 Å². The number of aromatic nitrogens is 1. The van der Waals surface area contributed by atoms with Crippen LogP contribution in [0.1, 0.15) is 28.5 Å². The van der Waals surface area contributed by atoms with Crippen LogP contribution in [-0.4, -0.2) is 95.7 Å². The van der Waals surface area contributed by atoms with Crippen molar-refractivity contribution in [1.29, 1.82) is 0 Å². The SMILES string of the molecule is CCOC(=O)c1c(C)n(Cc2ccccc2)c2ccc(OC[C@H](O)CN3CCN(CCO)CC3)cc12. The highest BCUT2D eigenvalue weighted by Gasteiger charge is 2.23. The second-order valence-corrected chi connectivity index (χ2v) is 9.26. The first-order valence-electron chi connectivity index (χ1n) is 12.7. The molecule has 36 heavy (non-hydrogen) atoms. The second-order valence-electron chi connectivity index (χ2n) is 9.26. The van der Waals surface area contributed by atoms with Crippen molar-refractivity contribution in [3.05, 3.63) is 65.4 Å². The summed E-state index contributed by atoms with van der Waals surface area (Å²) in [5.41, 5.74) is 3.49. The molecule has 0 saturated carbocycles. The van der Waals surface area contributed by atoms with Gasteiger partial charge in [0.05, 0.1) is 18.8 Å². The number of aliphatic hydroxyl groups excluding tert-OH is 2. The van der Waals surface area contributed by atoms with E-state index in [1.165, 1.54) is 0 Å². The van der Waals surface area contributed by atoms with Gasteiger partial charge in [-0.1, -0.05) is 30.3 Å². The van der Waals surface area contributed by atoms with E-state index in [1.807, 2.05) is 43.3 Å². The fourth-order valence-electron chi connectivity index (χ4n) is 4.86. The van der Waals surface area contributed by atoms with Crippen molar-refractivity contribution in [3.63, 3.8) is 0 Å². The molecule has 0 spiro atoms. The van der Waals surface area contributed by atoms with Gasteiger partial charge < -0.3 is 24.3 Å². The van der Waals surface area contributed by atoms with E-state index < -0.39 is 6.10 Å². The van der Waals surface area contributed by atoms with E-state index in [0.717, 1.165) is 48.3 Å². The molecule has 1 atom stereocenters. The number of aliphatic hydroxyl groups is 2. The van der Waals surface area contributed by atoms with Crippen LogP contribution in [0.3, 0.4) is 0 Å². The van der Waals surface area contributed by atoms with Crippen molar-refractivity contribution in [2.24, 2.45) is 0 Å². The minimum atomic E-state index is -0.626. The molecule has 0 bridgehead atoms. The molecular weight excluding hydrogens is 458 g/mol. The van der Waals surface area contributed by atoms with Gasteiger partial charge in [-0.2, -0.15) is 0 Å². The van der Waals surface area contributed by atoms with Crippen molar-refractivity contribution in [2.45, 2.75) is 26.5 Å². The summed E-state index contributed by atoms with van der Waals surface area (Å²) in [7, 11) is 0. The lowest BCUT2D eigenvalue weighted by molar-refractivity contribution is 0.0428. The summed E-state index contributed by atoms with van der Waals surface area (Å²) in [6.07, 6.45) is -0.626. The van der Waals surface area contributed by atoms with Gasteiger partial charge in [0.25, 0.3) is 0 Å². The normalized spacial score (nSPS) is 15.8. The number of carbonyl (C=O) groups is 1. The van der Waals surface area contributed by atoms with Gasteiger partial charge in [0.2, 0.25) is 0 Å². The maximum absolute atomic E-state index is 12.9. The molecule has 1 aliphatic rings. The Bertz CT molecular complexity index is 1140. The molecule has 3 aromatic rings. The number of benzene rings is 2. The molecule has 1 aliphatic heterocycles. The summed E-state index contributed by atoms with van der Waals surface area (Å²) < 4.78 is 13.5. The summed E-state index contributed by atoms with van der Waals surface area (Å²) in [4.78, 5) is 17.3. The van der Waals surface area contributed by atoms with Crippen molar-refractivity contribution in [1.82, 2.24) is 14.4 Å². The molecular formula is C28H37N3O5. The molecule has 4 rings (SSSR count). The third kappa shape index (κ3) is 6.25. The predicted octanol–water partition coefficient (Wildman–Crippen LogP) is 2.52. The third-order valence-corrected chi connectivity index (χ3v) is 6.75. The van der Waals surface area contributed by atoms with Gasteiger partial charge in [0, 0.05) is 62.4 Å². The molecule has 1 saturated heterocycles. The summed E-state index contributed by atoms with van der Waals surface area (Å²) in [6, 6.07) is 15.9. The van der Waals surface area contributed by atoms with E-state index in [0.29, 0.717) is 37.6 Å². The zero-order valence-corrected chi connectivity index (χ0v) is 21.2. The molecule has 2 N–H and O–H groups in total. The van der Waals surface area contributed by atoms with Crippen molar-refractivity contribution in [3.8, 4) is 5.75 Å². The standard InChI is InChI=1S/C28H37N3O5/c1-3-35-28(34)27-21(2)31(18-22-7-5-4-6-8-22)26-10-9-24(17-25(26)27)36-20-23(33)19-30-13-11-29(12-14-30)15-16-32/h4-10,17,23,32-33H,3,11-16,18-20H2,1-2H3/t23-/m1/s1. The fourth-order valence-corrected chi connectivity index (χ4v) is 4.86.